The summed E-state index contributed by atoms with van der Waals surface area (Å²) in [5, 5.41) is 3.63. The maximum atomic E-state index is 12.4. The van der Waals surface area contributed by atoms with Gasteiger partial charge in [0, 0.05) is 31.1 Å². The molecule has 5 nitrogen and oxygen atoms in total. The largest absolute Gasteiger partial charge is 0.390 e. The molecule has 1 aromatic heterocycles. The van der Waals surface area contributed by atoms with Crippen LogP contribution in [0.2, 0.25) is 0 Å². The Morgan fingerprint density at radius 2 is 2.45 bits per heavy atom. The van der Waals surface area contributed by atoms with Crippen molar-refractivity contribution in [1.29, 1.82) is 0 Å². The van der Waals surface area contributed by atoms with Crippen LogP contribution in [0.4, 0.5) is 5.00 Å². The van der Waals surface area contributed by atoms with Gasteiger partial charge in [-0.15, -0.1) is 11.3 Å². The second-order valence-electron chi connectivity index (χ2n) is 5.58. The molecule has 0 saturated carbocycles. The Kier molecular flexibility index (Phi) is 3.96. The van der Waals surface area contributed by atoms with Gasteiger partial charge in [-0.25, -0.2) is 0 Å². The number of carbonyl (C=O) groups excluding carboxylic acids is 1. The average Bonchev–Trinajstić information content (AvgIpc) is 3.02. The van der Waals surface area contributed by atoms with Crippen LogP contribution in [0, 0.1) is 0 Å². The zero-order valence-electron chi connectivity index (χ0n) is 11.8. The minimum atomic E-state index is -0.0416. The number of likely N-dealkylation sites (N-methyl/N-ethyl adjacent to an activating group) is 1. The lowest BCUT2D eigenvalue weighted by atomic mass is 10.0. The van der Waals surface area contributed by atoms with Crippen LogP contribution < -0.4 is 11.1 Å². The van der Waals surface area contributed by atoms with Gasteiger partial charge in [0.15, 0.2) is 0 Å². The molecular formula is C14H21N3O2S. The summed E-state index contributed by atoms with van der Waals surface area (Å²) >= 11 is 1.55. The number of anilines is 1. The SMILES string of the molecule is CN1CCc2c(sc(N)c2C(=O)NCC2CCCO2)C1. The molecule has 110 valence electrons. The summed E-state index contributed by atoms with van der Waals surface area (Å²) in [5.74, 6) is -0.0416. The quantitative estimate of drug-likeness (QED) is 0.880. The number of thiophene rings is 1. The standard InChI is InChI=1S/C14H21N3O2S/c1-17-5-4-10-11(8-17)20-13(15)12(10)14(18)16-7-9-3-2-6-19-9/h9H,2-8,15H2,1H3,(H,16,18). The van der Waals surface area contributed by atoms with E-state index in [0.717, 1.165) is 44.5 Å². The predicted octanol–water partition coefficient (Wildman–Crippen LogP) is 1.23. The number of amides is 1. The van der Waals surface area contributed by atoms with Gasteiger partial charge in [-0.05, 0) is 31.9 Å². The summed E-state index contributed by atoms with van der Waals surface area (Å²) in [5.41, 5.74) is 7.91. The number of hydrogen-bond donors (Lipinski definition) is 2. The summed E-state index contributed by atoms with van der Waals surface area (Å²) in [6.07, 6.45) is 3.19. The highest BCUT2D eigenvalue weighted by atomic mass is 32.1. The highest BCUT2D eigenvalue weighted by molar-refractivity contribution is 7.16. The minimum Gasteiger partial charge on any atom is -0.390 e. The molecule has 0 aromatic carbocycles. The Morgan fingerprint density at radius 1 is 1.60 bits per heavy atom. The van der Waals surface area contributed by atoms with Crippen molar-refractivity contribution in [2.75, 3.05) is 32.5 Å². The van der Waals surface area contributed by atoms with Crippen molar-refractivity contribution in [3.63, 3.8) is 0 Å². The number of nitrogens with one attached hydrogen (secondary N) is 1. The maximum Gasteiger partial charge on any atom is 0.254 e. The zero-order chi connectivity index (χ0) is 14.1. The summed E-state index contributed by atoms with van der Waals surface area (Å²) < 4.78 is 5.53. The molecule has 3 rings (SSSR count). The predicted molar refractivity (Wildman–Crippen MR) is 80.1 cm³/mol. The van der Waals surface area contributed by atoms with Crippen LogP contribution in [0.25, 0.3) is 0 Å². The third-order valence-corrected chi connectivity index (χ3v) is 5.06. The van der Waals surface area contributed by atoms with Gasteiger partial charge in [0.2, 0.25) is 0 Å². The number of hydrogen-bond acceptors (Lipinski definition) is 5. The first-order chi connectivity index (χ1) is 9.65. The second kappa shape index (κ2) is 5.71. The molecule has 1 saturated heterocycles. The molecule has 3 heterocycles. The van der Waals surface area contributed by atoms with E-state index in [1.807, 2.05) is 0 Å². The average molecular weight is 295 g/mol. The van der Waals surface area contributed by atoms with Crippen LogP contribution in [0.5, 0.6) is 0 Å². The van der Waals surface area contributed by atoms with Gasteiger partial charge >= 0.3 is 0 Å². The molecule has 0 spiro atoms. The fourth-order valence-electron chi connectivity index (χ4n) is 2.90. The van der Waals surface area contributed by atoms with Crippen LogP contribution >= 0.6 is 11.3 Å². The highest BCUT2D eigenvalue weighted by Crippen LogP contribution is 2.34. The van der Waals surface area contributed by atoms with Crippen LogP contribution in [0.1, 0.15) is 33.6 Å². The highest BCUT2D eigenvalue weighted by Gasteiger charge is 2.26. The van der Waals surface area contributed by atoms with Gasteiger partial charge in [-0.2, -0.15) is 0 Å². The van der Waals surface area contributed by atoms with Crippen LogP contribution in [0.15, 0.2) is 0 Å². The van der Waals surface area contributed by atoms with Crippen molar-refractivity contribution in [1.82, 2.24) is 10.2 Å². The first-order valence-corrected chi connectivity index (χ1v) is 7.95. The van der Waals surface area contributed by atoms with Gasteiger partial charge < -0.3 is 20.7 Å². The van der Waals surface area contributed by atoms with E-state index in [9.17, 15) is 4.79 Å². The van der Waals surface area contributed by atoms with E-state index in [4.69, 9.17) is 10.5 Å². The molecular weight excluding hydrogens is 274 g/mol. The van der Waals surface area contributed by atoms with Crippen molar-refractivity contribution in [3.05, 3.63) is 16.0 Å². The van der Waals surface area contributed by atoms with E-state index in [1.165, 1.54) is 4.88 Å². The molecule has 1 atom stereocenters. The Hall–Kier alpha value is -1.11. The topological polar surface area (TPSA) is 67.6 Å². The first-order valence-electron chi connectivity index (χ1n) is 7.13. The number of nitrogens with zero attached hydrogens (tertiary/aromatic N) is 1. The molecule has 0 radical (unpaired) electrons. The first kappa shape index (κ1) is 13.9. The van der Waals surface area contributed by atoms with E-state index in [1.54, 1.807) is 11.3 Å². The van der Waals surface area contributed by atoms with Crippen molar-refractivity contribution in [3.8, 4) is 0 Å². The zero-order valence-corrected chi connectivity index (χ0v) is 12.6. The van der Waals surface area contributed by atoms with Crippen molar-refractivity contribution < 1.29 is 9.53 Å². The van der Waals surface area contributed by atoms with Crippen LogP contribution in [-0.2, 0) is 17.7 Å². The molecule has 6 heteroatoms. The number of rotatable bonds is 3. The van der Waals surface area contributed by atoms with Gasteiger partial charge in [0.1, 0.15) is 0 Å². The number of fused-ring (bicyclic) bond motifs is 1. The van der Waals surface area contributed by atoms with Gasteiger partial charge in [0.05, 0.1) is 16.7 Å². The molecule has 0 bridgehead atoms. The molecule has 1 aromatic rings. The Balaban J connectivity index is 1.71. The summed E-state index contributed by atoms with van der Waals surface area (Å²) in [4.78, 5) is 15.9. The number of nitrogens with two attached hydrogens (primary N) is 1. The van der Waals surface area contributed by atoms with Crippen LogP contribution in [-0.4, -0.2) is 43.7 Å². The summed E-state index contributed by atoms with van der Waals surface area (Å²) in [7, 11) is 2.09. The lowest BCUT2D eigenvalue weighted by Crippen LogP contribution is -2.33. The fourth-order valence-corrected chi connectivity index (χ4v) is 4.10. The lowest BCUT2D eigenvalue weighted by molar-refractivity contribution is 0.0857. The number of nitrogen functional groups attached to an aromatic ring is 1. The maximum absolute atomic E-state index is 12.4. The molecule has 3 N–H and O–H groups in total. The van der Waals surface area contributed by atoms with Crippen LogP contribution in [0.3, 0.4) is 0 Å². The summed E-state index contributed by atoms with van der Waals surface area (Å²) in [6, 6.07) is 0. The molecule has 0 aliphatic carbocycles. The molecule has 2 aliphatic heterocycles. The van der Waals surface area contributed by atoms with E-state index >= 15 is 0 Å². The van der Waals surface area contributed by atoms with E-state index < -0.39 is 0 Å². The molecule has 2 aliphatic rings. The normalized spacial score (nSPS) is 22.8. The number of ether oxygens (including phenoxy) is 1. The van der Waals surface area contributed by atoms with Gasteiger partial charge in [0.25, 0.3) is 5.91 Å². The van der Waals surface area contributed by atoms with Crippen molar-refractivity contribution in [2.45, 2.75) is 31.9 Å². The monoisotopic (exact) mass is 295 g/mol. The van der Waals surface area contributed by atoms with Crippen molar-refractivity contribution >= 4 is 22.2 Å². The van der Waals surface area contributed by atoms with E-state index in [0.29, 0.717) is 17.1 Å². The second-order valence-corrected chi connectivity index (χ2v) is 6.71. The van der Waals surface area contributed by atoms with E-state index in [-0.39, 0.29) is 12.0 Å². The Labute approximate surface area is 123 Å². The smallest absolute Gasteiger partial charge is 0.254 e. The Bertz CT molecular complexity index is 509. The minimum absolute atomic E-state index is 0.0416. The third kappa shape index (κ3) is 2.68. The molecule has 1 amide bonds. The Morgan fingerprint density at radius 3 is 3.20 bits per heavy atom. The lowest BCUT2D eigenvalue weighted by Gasteiger charge is -2.22. The third-order valence-electron chi connectivity index (χ3n) is 4.02. The fraction of sp³-hybridized carbons (Fsp3) is 0.643. The van der Waals surface area contributed by atoms with E-state index in [2.05, 4.69) is 17.3 Å². The van der Waals surface area contributed by atoms with Crippen molar-refractivity contribution in [2.24, 2.45) is 0 Å². The molecule has 1 unspecified atom stereocenters. The molecule has 1 fully saturated rings. The number of carbonyl (C=O) groups is 1. The van der Waals surface area contributed by atoms with Gasteiger partial charge in [-0.3, -0.25) is 4.79 Å². The molecule has 20 heavy (non-hydrogen) atoms. The van der Waals surface area contributed by atoms with Gasteiger partial charge in [-0.1, -0.05) is 0 Å². The summed E-state index contributed by atoms with van der Waals surface area (Å²) in [6.45, 7) is 3.27.